The monoisotopic (exact) mass is 265 g/mol. The van der Waals surface area contributed by atoms with Crippen molar-refractivity contribution < 1.29 is 0 Å². The van der Waals surface area contributed by atoms with Gasteiger partial charge in [0, 0.05) is 49.8 Å². The predicted octanol–water partition coefficient (Wildman–Crippen LogP) is 1.60. The van der Waals surface area contributed by atoms with Gasteiger partial charge in [-0.1, -0.05) is 29.8 Å². The Morgan fingerprint density at radius 2 is 2.11 bits per heavy atom. The first-order valence-electron chi connectivity index (χ1n) is 6.65. The summed E-state index contributed by atoms with van der Waals surface area (Å²) < 4.78 is 0. The molecule has 2 heterocycles. The molecule has 3 rings (SSSR count). The van der Waals surface area contributed by atoms with Gasteiger partial charge in [0.2, 0.25) is 0 Å². The summed E-state index contributed by atoms with van der Waals surface area (Å²) in [6.45, 7) is 5.57. The van der Waals surface area contributed by atoms with Gasteiger partial charge >= 0.3 is 0 Å². The van der Waals surface area contributed by atoms with Crippen LogP contribution in [0.25, 0.3) is 0 Å². The van der Waals surface area contributed by atoms with Crippen LogP contribution in [0, 0.1) is 0 Å². The molecule has 1 aromatic rings. The van der Waals surface area contributed by atoms with Crippen LogP contribution in [0.4, 0.5) is 0 Å². The number of fused-ring (bicyclic) bond motifs is 1. The lowest BCUT2D eigenvalue weighted by atomic mass is 9.99. The number of nitrogens with zero attached hydrogens (tertiary/aromatic N) is 2. The molecular formula is C14H20ClN3. The molecule has 2 fully saturated rings. The first kappa shape index (κ1) is 12.4. The Kier molecular flexibility index (Phi) is 3.57. The van der Waals surface area contributed by atoms with Crippen LogP contribution in [0.3, 0.4) is 0 Å². The summed E-state index contributed by atoms with van der Waals surface area (Å²) in [5, 5.41) is 4.37. The molecule has 2 saturated heterocycles. The van der Waals surface area contributed by atoms with E-state index in [-0.39, 0.29) is 0 Å². The molecule has 3 nitrogen and oxygen atoms in total. The average molecular weight is 266 g/mol. The van der Waals surface area contributed by atoms with Crippen LogP contribution in [-0.4, -0.2) is 55.6 Å². The highest BCUT2D eigenvalue weighted by Gasteiger charge is 2.34. The molecule has 2 atom stereocenters. The fourth-order valence-corrected chi connectivity index (χ4v) is 3.39. The first-order valence-corrected chi connectivity index (χ1v) is 7.03. The SMILES string of the molecule is CN1CC2CNCCN2CC1c1ccccc1Cl. The molecule has 0 amide bonds. The van der Waals surface area contributed by atoms with Crippen molar-refractivity contribution in [1.29, 1.82) is 0 Å². The highest BCUT2D eigenvalue weighted by Crippen LogP contribution is 2.31. The van der Waals surface area contributed by atoms with Crippen molar-refractivity contribution in [2.45, 2.75) is 12.1 Å². The molecule has 98 valence electrons. The summed E-state index contributed by atoms with van der Waals surface area (Å²) in [5.41, 5.74) is 1.26. The van der Waals surface area contributed by atoms with Crippen molar-refractivity contribution in [3.8, 4) is 0 Å². The Morgan fingerprint density at radius 1 is 1.28 bits per heavy atom. The van der Waals surface area contributed by atoms with Crippen LogP contribution in [0.15, 0.2) is 24.3 Å². The molecule has 18 heavy (non-hydrogen) atoms. The Labute approximate surface area is 114 Å². The van der Waals surface area contributed by atoms with E-state index in [1.165, 1.54) is 5.56 Å². The molecule has 2 aliphatic rings. The topological polar surface area (TPSA) is 18.5 Å². The van der Waals surface area contributed by atoms with Crippen molar-refractivity contribution in [2.75, 3.05) is 39.8 Å². The standard InChI is InChI=1S/C14H20ClN3/c1-17-9-11-8-16-6-7-18(11)10-14(17)12-4-2-3-5-13(12)15/h2-5,11,14,16H,6-10H2,1H3. The van der Waals surface area contributed by atoms with E-state index in [9.17, 15) is 0 Å². The predicted molar refractivity (Wildman–Crippen MR) is 75.1 cm³/mol. The second-order valence-corrected chi connectivity index (χ2v) is 5.74. The number of nitrogens with one attached hydrogen (secondary N) is 1. The van der Waals surface area contributed by atoms with Crippen LogP contribution in [-0.2, 0) is 0 Å². The lowest BCUT2D eigenvalue weighted by Gasteiger charge is -2.47. The summed E-state index contributed by atoms with van der Waals surface area (Å²) in [5.74, 6) is 0. The van der Waals surface area contributed by atoms with Crippen molar-refractivity contribution >= 4 is 11.6 Å². The van der Waals surface area contributed by atoms with Gasteiger partial charge in [0.1, 0.15) is 0 Å². The lowest BCUT2D eigenvalue weighted by Crippen LogP contribution is -2.61. The first-order chi connectivity index (χ1) is 8.75. The highest BCUT2D eigenvalue weighted by molar-refractivity contribution is 6.31. The van der Waals surface area contributed by atoms with Gasteiger partial charge in [-0.2, -0.15) is 0 Å². The summed E-state index contributed by atoms with van der Waals surface area (Å²) in [4.78, 5) is 5.04. The van der Waals surface area contributed by atoms with Crippen LogP contribution < -0.4 is 5.32 Å². The Hall–Kier alpha value is -0.610. The van der Waals surface area contributed by atoms with Gasteiger partial charge in [-0.05, 0) is 18.7 Å². The zero-order valence-electron chi connectivity index (χ0n) is 10.8. The highest BCUT2D eigenvalue weighted by atomic mass is 35.5. The van der Waals surface area contributed by atoms with E-state index in [4.69, 9.17) is 11.6 Å². The van der Waals surface area contributed by atoms with E-state index in [0.29, 0.717) is 12.1 Å². The summed E-state index contributed by atoms with van der Waals surface area (Å²) in [6, 6.07) is 9.32. The fourth-order valence-electron chi connectivity index (χ4n) is 3.13. The third-order valence-corrected chi connectivity index (χ3v) is 4.52. The largest absolute Gasteiger partial charge is 0.314 e. The number of piperazine rings is 2. The van der Waals surface area contributed by atoms with Gasteiger partial charge in [-0.3, -0.25) is 9.80 Å². The zero-order valence-corrected chi connectivity index (χ0v) is 11.5. The quantitative estimate of drug-likeness (QED) is 0.832. The van der Waals surface area contributed by atoms with E-state index >= 15 is 0 Å². The van der Waals surface area contributed by atoms with Gasteiger partial charge < -0.3 is 5.32 Å². The molecular weight excluding hydrogens is 246 g/mol. The van der Waals surface area contributed by atoms with Gasteiger partial charge in [0.15, 0.2) is 0 Å². The minimum absolute atomic E-state index is 0.424. The van der Waals surface area contributed by atoms with Crippen LogP contribution >= 0.6 is 11.6 Å². The third kappa shape index (κ3) is 2.28. The second-order valence-electron chi connectivity index (χ2n) is 5.33. The fraction of sp³-hybridized carbons (Fsp3) is 0.571. The summed E-state index contributed by atoms with van der Waals surface area (Å²) in [7, 11) is 2.21. The van der Waals surface area contributed by atoms with E-state index in [1.54, 1.807) is 0 Å². The minimum atomic E-state index is 0.424. The number of rotatable bonds is 1. The Balaban J connectivity index is 1.82. The second kappa shape index (κ2) is 5.17. The maximum atomic E-state index is 6.34. The molecule has 0 saturated carbocycles. The average Bonchev–Trinajstić information content (AvgIpc) is 2.39. The van der Waals surface area contributed by atoms with Gasteiger partial charge in [0.25, 0.3) is 0 Å². The van der Waals surface area contributed by atoms with Crippen LogP contribution in [0.2, 0.25) is 5.02 Å². The Morgan fingerprint density at radius 3 is 2.94 bits per heavy atom. The molecule has 0 aromatic heterocycles. The van der Waals surface area contributed by atoms with Gasteiger partial charge in [0.05, 0.1) is 0 Å². The number of hydrogen-bond acceptors (Lipinski definition) is 3. The number of likely N-dealkylation sites (N-methyl/N-ethyl adjacent to an activating group) is 1. The van der Waals surface area contributed by atoms with Crippen molar-refractivity contribution in [3.05, 3.63) is 34.9 Å². The molecule has 0 aliphatic carbocycles. The van der Waals surface area contributed by atoms with Crippen molar-refractivity contribution in [3.63, 3.8) is 0 Å². The third-order valence-electron chi connectivity index (χ3n) is 4.17. The van der Waals surface area contributed by atoms with E-state index in [2.05, 4.69) is 34.3 Å². The van der Waals surface area contributed by atoms with E-state index < -0.39 is 0 Å². The van der Waals surface area contributed by atoms with Gasteiger partial charge in [-0.15, -0.1) is 0 Å². The summed E-state index contributed by atoms with van der Waals surface area (Å²) >= 11 is 6.34. The number of halogens is 1. The van der Waals surface area contributed by atoms with E-state index in [1.807, 2.05) is 12.1 Å². The molecule has 0 spiro atoms. The van der Waals surface area contributed by atoms with Crippen LogP contribution in [0.1, 0.15) is 11.6 Å². The number of hydrogen-bond donors (Lipinski definition) is 1. The maximum absolute atomic E-state index is 6.34. The molecule has 0 bridgehead atoms. The minimum Gasteiger partial charge on any atom is -0.314 e. The number of benzene rings is 1. The van der Waals surface area contributed by atoms with Crippen LogP contribution in [0.5, 0.6) is 0 Å². The normalized spacial score (nSPS) is 30.1. The molecule has 2 aliphatic heterocycles. The maximum Gasteiger partial charge on any atom is 0.0487 e. The molecule has 2 unspecified atom stereocenters. The lowest BCUT2D eigenvalue weighted by molar-refractivity contribution is 0.0300. The Bertz CT molecular complexity index is 423. The molecule has 1 aromatic carbocycles. The van der Waals surface area contributed by atoms with Crippen molar-refractivity contribution in [2.24, 2.45) is 0 Å². The van der Waals surface area contributed by atoms with E-state index in [0.717, 1.165) is 37.7 Å². The molecule has 0 radical (unpaired) electrons. The smallest absolute Gasteiger partial charge is 0.0487 e. The van der Waals surface area contributed by atoms with Gasteiger partial charge in [-0.25, -0.2) is 0 Å². The molecule has 4 heteroatoms. The zero-order chi connectivity index (χ0) is 12.5. The summed E-state index contributed by atoms with van der Waals surface area (Å²) in [6.07, 6.45) is 0. The molecule has 1 N–H and O–H groups in total. The van der Waals surface area contributed by atoms with Crippen molar-refractivity contribution in [1.82, 2.24) is 15.1 Å².